The van der Waals surface area contributed by atoms with Crippen LogP contribution >= 0.6 is 0 Å². The zero-order valence-corrected chi connectivity index (χ0v) is 16.1. The van der Waals surface area contributed by atoms with Crippen molar-refractivity contribution in [2.75, 3.05) is 13.1 Å². The van der Waals surface area contributed by atoms with Gasteiger partial charge in [-0.15, -0.1) is 0 Å². The molecule has 0 saturated carbocycles. The Balaban J connectivity index is 1.94. The molecule has 1 fully saturated rings. The van der Waals surface area contributed by atoms with Crippen LogP contribution in [0.15, 0.2) is 24.5 Å². The number of pyridine rings is 1. The minimum absolute atomic E-state index is 0.0615. The van der Waals surface area contributed by atoms with E-state index in [2.05, 4.69) is 24.1 Å². The normalized spacial score (nSPS) is 19.7. The molecule has 0 bridgehead atoms. The van der Waals surface area contributed by atoms with Crippen LogP contribution in [0.5, 0.6) is 0 Å². The summed E-state index contributed by atoms with van der Waals surface area (Å²) in [5.74, 6) is -1.91. The first-order valence-electron chi connectivity index (χ1n) is 9.54. The number of amides is 2. The maximum absolute atomic E-state index is 12.6. The maximum atomic E-state index is 12.6. The Kier molecular flexibility index (Phi) is 7.76. The summed E-state index contributed by atoms with van der Waals surface area (Å²) in [7, 11) is 0. The lowest BCUT2D eigenvalue weighted by Crippen LogP contribution is -2.50. The van der Waals surface area contributed by atoms with Gasteiger partial charge in [0.05, 0.1) is 11.8 Å². The second-order valence-corrected chi connectivity index (χ2v) is 7.63. The molecular formula is C20H29N3O4. The van der Waals surface area contributed by atoms with Crippen molar-refractivity contribution in [3.05, 3.63) is 30.1 Å². The summed E-state index contributed by atoms with van der Waals surface area (Å²) < 4.78 is 0. The lowest BCUT2D eigenvalue weighted by atomic mass is 9.88. The molecule has 0 radical (unpaired) electrons. The number of hydrogen-bond acceptors (Lipinski definition) is 4. The fourth-order valence-electron chi connectivity index (χ4n) is 3.33. The molecule has 1 aromatic heterocycles. The minimum atomic E-state index is -0.957. The Hall–Kier alpha value is -2.44. The Morgan fingerprint density at radius 1 is 1.22 bits per heavy atom. The van der Waals surface area contributed by atoms with Gasteiger partial charge in [0.25, 0.3) is 0 Å². The lowest BCUT2D eigenvalue weighted by molar-refractivity contribution is -0.148. The van der Waals surface area contributed by atoms with Gasteiger partial charge >= 0.3 is 5.97 Å². The van der Waals surface area contributed by atoms with E-state index in [-0.39, 0.29) is 31.3 Å². The number of carbonyl (C=O) groups is 3. The Bertz CT molecular complexity index is 648. The van der Waals surface area contributed by atoms with E-state index in [0.29, 0.717) is 18.9 Å². The topological polar surface area (TPSA) is 99.6 Å². The summed E-state index contributed by atoms with van der Waals surface area (Å²) in [4.78, 5) is 42.0. The van der Waals surface area contributed by atoms with Crippen molar-refractivity contribution >= 4 is 17.8 Å². The van der Waals surface area contributed by atoms with Crippen LogP contribution in [0, 0.1) is 17.8 Å². The van der Waals surface area contributed by atoms with Crippen LogP contribution in [0.3, 0.4) is 0 Å². The van der Waals surface area contributed by atoms with Gasteiger partial charge in [-0.05, 0) is 36.5 Å². The molecule has 27 heavy (non-hydrogen) atoms. The van der Waals surface area contributed by atoms with Crippen LogP contribution in [0.1, 0.15) is 45.1 Å². The van der Waals surface area contributed by atoms with Crippen LogP contribution in [-0.4, -0.2) is 45.9 Å². The molecule has 0 unspecified atom stereocenters. The summed E-state index contributed by atoms with van der Waals surface area (Å²) in [6.07, 6.45) is 5.70. The lowest BCUT2D eigenvalue weighted by Gasteiger charge is -2.35. The molecule has 1 aliphatic rings. The highest BCUT2D eigenvalue weighted by molar-refractivity contribution is 5.83. The molecule has 2 heterocycles. The van der Waals surface area contributed by atoms with Crippen molar-refractivity contribution in [1.29, 1.82) is 0 Å². The van der Waals surface area contributed by atoms with E-state index in [1.807, 2.05) is 12.1 Å². The van der Waals surface area contributed by atoms with E-state index in [0.717, 1.165) is 18.4 Å². The van der Waals surface area contributed by atoms with Gasteiger partial charge in [-0.1, -0.05) is 20.3 Å². The van der Waals surface area contributed by atoms with Gasteiger partial charge in [-0.3, -0.25) is 19.4 Å². The van der Waals surface area contributed by atoms with Gasteiger partial charge in [0, 0.05) is 38.4 Å². The standard InChI is InChI=1S/C20H29N3O4/c1-14(2)4-3-5-18(24)23-12-16(10-17(13-23)20(26)27)19(25)22-11-15-6-8-21-9-7-15/h6-9,14,16-17H,3-5,10-13H2,1-2H3,(H,22,25)(H,26,27)/t16-,17+/m1/s1. The van der Waals surface area contributed by atoms with Gasteiger partial charge in [-0.25, -0.2) is 0 Å². The zero-order chi connectivity index (χ0) is 19.8. The molecule has 0 aromatic carbocycles. The van der Waals surface area contributed by atoms with Gasteiger partial charge < -0.3 is 15.3 Å². The monoisotopic (exact) mass is 375 g/mol. The number of likely N-dealkylation sites (tertiary alicyclic amines) is 1. The van der Waals surface area contributed by atoms with E-state index in [1.54, 1.807) is 17.3 Å². The van der Waals surface area contributed by atoms with E-state index < -0.39 is 17.8 Å². The smallest absolute Gasteiger partial charge is 0.308 e. The van der Waals surface area contributed by atoms with Gasteiger partial charge in [0.1, 0.15) is 0 Å². The molecule has 2 atom stereocenters. The number of piperidine rings is 1. The number of carbonyl (C=O) groups excluding carboxylic acids is 2. The molecular weight excluding hydrogens is 346 g/mol. The van der Waals surface area contributed by atoms with Crippen LogP contribution in [0.2, 0.25) is 0 Å². The summed E-state index contributed by atoms with van der Waals surface area (Å²) in [5, 5.41) is 12.3. The molecule has 0 aliphatic carbocycles. The fourth-order valence-corrected chi connectivity index (χ4v) is 3.33. The first kappa shape index (κ1) is 20.9. The number of carboxylic acid groups (broad SMARTS) is 1. The van der Waals surface area contributed by atoms with Crippen LogP contribution in [0.25, 0.3) is 0 Å². The van der Waals surface area contributed by atoms with Crippen LogP contribution in [0.4, 0.5) is 0 Å². The van der Waals surface area contributed by atoms with E-state index in [4.69, 9.17) is 0 Å². The quantitative estimate of drug-likeness (QED) is 0.725. The summed E-state index contributed by atoms with van der Waals surface area (Å²) in [6.45, 7) is 5.04. The predicted molar refractivity (Wildman–Crippen MR) is 101 cm³/mol. The van der Waals surface area contributed by atoms with Crippen LogP contribution < -0.4 is 5.32 Å². The third-order valence-electron chi connectivity index (χ3n) is 4.91. The molecule has 1 aliphatic heterocycles. The summed E-state index contributed by atoms with van der Waals surface area (Å²) in [5.41, 5.74) is 0.922. The van der Waals surface area contributed by atoms with Gasteiger partial charge in [-0.2, -0.15) is 0 Å². The Labute approximate surface area is 160 Å². The number of nitrogens with one attached hydrogen (secondary N) is 1. The molecule has 2 N–H and O–H groups in total. The molecule has 2 amide bonds. The first-order valence-corrected chi connectivity index (χ1v) is 9.54. The van der Waals surface area contributed by atoms with Crippen molar-refractivity contribution in [3.8, 4) is 0 Å². The third kappa shape index (κ3) is 6.66. The second kappa shape index (κ2) is 10.0. The van der Waals surface area contributed by atoms with E-state index in [1.165, 1.54) is 0 Å². The average molecular weight is 375 g/mol. The number of hydrogen-bond donors (Lipinski definition) is 2. The summed E-state index contributed by atoms with van der Waals surface area (Å²) in [6, 6.07) is 3.62. The SMILES string of the molecule is CC(C)CCCC(=O)N1C[C@@H](C(=O)O)C[C@@H](C(=O)NCc2ccncc2)C1. The van der Waals surface area contributed by atoms with E-state index >= 15 is 0 Å². The highest BCUT2D eigenvalue weighted by atomic mass is 16.4. The third-order valence-corrected chi connectivity index (χ3v) is 4.91. The average Bonchev–Trinajstić information content (AvgIpc) is 2.66. The fraction of sp³-hybridized carbons (Fsp3) is 0.600. The number of aromatic nitrogens is 1. The van der Waals surface area contributed by atoms with Gasteiger partial charge in [0.2, 0.25) is 11.8 Å². The van der Waals surface area contributed by atoms with Crippen molar-refractivity contribution < 1.29 is 19.5 Å². The molecule has 1 saturated heterocycles. The Morgan fingerprint density at radius 2 is 1.89 bits per heavy atom. The first-order chi connectivity index (χ1) is 12.9. The molecule has 148 valence electrons. The second-order valence-electron chi connectivity index (χ2n) is 7.63. The number of aliphatic carboxylic acids is 1. The highest BCUT2D eigenvalue weighted by Crippen LogP contribution is 2.24. The van der Waals surface area contributed by atoms with Crippen molar-refractivity contribution in [3.63, 3.8) is 0 Å². The molecule has 1 aromatic rings. The molecule has 7 nitrogen and oxygen atoms in total. The van der Waals surface area contributed by atoms with Crippen molar-refractivity contribution in [1.82, 2.24) is 15.2 Å². The Morgan fingerprint density at radius 3 is 2.52 bits per heavy atom. The van der Waals surface area contributed by atoms with Crippen molar-refractivity contribution in [2.24, 2.45) is 17.8 Å². The molecule has 7 heteroatoms. The maximum Gasteiger partial charge on any atom is 0.308 e. The zero-order valence-electron chi connectivity index (χ0n) is 16.1. The largest absolute Gasteiger partial charge is 0.481 e. The molecule has 2 rings (SSSR count). The predicted octanol–water partition coefficient (Wildman–Crippen LogP) is 2.07. The highest BCUT2D eigenvalue weighted by Gasteiger charge is 2.36. The summed E-state index contributed by atoms with van der Waals surface area (Å²) >= 11 is 0. The van der Waals surface area contributed by atoms with Crippen LogP contribution in [-0.2, 0) is 20.9 Å². The number of carboxylic acids is 1. The molecule has 0 spiro atoms. The number of rotatable bonds is 8. The minimum Gasteiger partial charge on any atom is -0.481 e. The number of nitrogens with zero attached hydrogens (tertiary/aromatic N) is 2. The van der Waals surface area contributed by atoms with Crippen molar-refractivity contribution in [2.45, 2.75) is 46.1 Å². The van der Waals surface area contributed by atoms with Gasteiger partial charge in [0.15, 0.2) is 0 Å². The van der Waals surface area contributed by atoms with E-state index in [9.17, 15) is 19.5 Å².